The molecular weight excluding hydrogens is 232 g/mol. The molecule has 0 aliphatic carbocycles. The number of carbonyl (C=O) groups is 1. The molecule has 0 aliphatic heterocycles. The van der Waals surface area contributed by atoms with Gasteiger partial charge < -0.3 is 10.8 Å². The molecule has 0 atom stereocenters. The highest BCUT2D eigenvalue weighted by Crippen LogP contribution is 2.19. The van der Waals surface area contributed by atoms with Crippen LogP contribution in [-0.2, 0) is 14.8 Å². The van der Waals surface area contributed by atoms with E-state index in [9.17, 15) is 13.2 Å². The molecule has 0 bridgehead atoms. The summed E-state index contributed by atoms with van der Waals surface area (Å²) < 4.78 is 24.9. The molecular formula is C9H12N2O4S. The van der Waals surface area contributed by atoms with E-state index in [0.717, 1.165) is 0 Å². The third-order valence-electron chi connectivity index (χ3n) is 1.84. The lowest BCUT2D eigenvalue weighted by Crippen LogP contribution is -2.22. The Labute approximate surface area is 93.1 Å². The predicted molar refractivity (Wildman–Crippen MR) is 60.6 cm³/mol. The van der Waals surface area contributed by atoms with Crippen molar-refractivity contribution in [3.63, 3.8) is 0 Å². The minimum Gasteiger partial charge on any atom is -0.480 e. The Morgan fingerprint density at radius 3 is 2.69 bits per heavy atom. The summed E-state index contributed by atoms with van der Waals surface area (Å²) >= 11 is 0. The monoisotopic (exact) mass is 244 g/mol. The van der Waals surface area contributed by atoms with E-state index < -0.39 is 21.7 Å². The number of sulfonamides is 1. The lowest BCUT2D eigenvalue weighted by molar-refractivity contribution is -0.134. The van der Waals surface area contributed by atoms with E-state index >= 15 is 0 Å². The van der Waals surface area contributed by atoms with Crippen LogP contribution in [0.1, 0.15) is 5.56 Å². The van der Waals surface area contributed by atoms with E-state index in [1.807, 2.05) is 0 Å². The first-order valence-corrected chi connectivity index (χ1v) is 6.04. The third-order valence-corrected chi connectivity index (χ3v) is 3.00. The van der Waals surface area contributed by atoms with Crippen molar-refractivity contribution in [2.24, 2.45) is 0 Å². The molecule has 0 aromatic heterocycles. The van der Waals surface area contributed by atoms with E-state index in [4.69, 9.17) is 10.8 Å². The Morgan fingerprint density at radius 1 is 1.50 bits per heavy atom. The average molecular weight is 244 g/mol. The lowest BCUT2D eigenvalue weighted by Gasteiger charge is -2.09. The Hall–Kier alpha value is -1.76. The van der Waals surface area contributed by atoms with E-state index in [1.54, 1.807) is 19.1 Å². The predicted octanol–water partition coefficient (Wildman–Crippen LogP) is 0.404. The Balaban J connectivity index is 2.96. The zero-order valence-corrected chi connectivity index (χ0v) is 9.41. The number of benzene rings is 1. The van der Waals surface area contributed by atoms with Gasteiger partial charge >= 0.3 is 5.97 Å². The highest BCUT2D eigenvalue weighted by atomic mass is 32.2. The molecule has 0 fully saturated rings. The van der Waals surface area contributed by atoms with Crippen molar-refractivity contribution in [1.29, 1.82) is 0 Å². The molecule has 1 rings (SSSR count). The van der Waals surface area contributed by atoms with E-state index in [-0.39, 0.29) is 0 Å². The van der Waals surface area contributed by atoms with Crippen molar-refractivity contribution in [2.45, 2.75) is 6.92 Å². The van der Waals surface area contributed by atoms with Crippen LogP contribution in [0.4, 0.5) is 11.4 Å². The van der Waals surface area contributed by atoms with Crippen molar-refractivity contribution in [3.8, 4) is 0 Å². The summed E-state index contributed by atoms with van der Waals surface area (Å²) in [7, 11) is -3.88. The van der Waals surface area contributed by atoms with Crippen LogP contribution in [0.25, 0.3) is 0 Å². The second kappa shape index (κ2) is 4.40. The zero-order valence-electron chi connectivity index (χ0n) is 8.60. The molecule has 0 spiro atoms. The maximum Gasteiger partial charge on any atom is 0.320 e. The number of rotatable bonds is 4. The van der Waals surface area contributed by atoms with Gasteiger partial charge in [0.2, 0.25) is 10.0 Å². The molecule has 0 radical (unpaired) electrons. The summed E-state index contributed by atoms with van der Waals surface area (Å²) in [5.74, 6) is -2.38. The summed E-state index contributed by atoms with van der Waals surface area (Å²) in [6, 6.07) is 4.72. The first kappa shape index (κ1) is 12.3. The van der Waals surface area contributed by atoms with Crippen molar-refractivity contribution in [2.75, 3.05) is 16.2 Å². The number of anilines is 2. The molecule has 0 aliphatic rings. The maximum atomic E-state index is 11.3. The average Bonchev–Trinajstić information content (AvgIpc) is 2.08. The quantitative estimate of drug-likeness (QED) is 0.664. The third kappa shape index (κ3) is 3.43. The van der Waals surface area contributed by atoms with Gasteiger partial charge in [0.1, 0.15) is 0 Å². The highest BCUT2D eigenvalue weighted by molar-refractivity contribution is 7.93. The van der Waals surface area contributed by atoms with Gasteiger partial charge in [-0.15, -0.1) is 0 Å². The topological polar surface area (TPSA) is 109 Å². The van der Waals surface area contributed by atoms with Crippen LogP contribution in [-0.4, -0.2) is 25.2 Å². The molecule has 0 amide bonds. The van der Waals surface area contributed by atoms with Gasteiger partial charge in [0.25, 0.3) is 0 Å². The molecule has 88 valence electrons. The van der Waals surface area contributed by atoms with Gasteiger partial charge in [-0.05, 0) is 24.6 Å². The molecule has 0 heterocycles. The number of nitrogens with one attached hydrogen (secondary N) is 1. The highest BCUT2D eigenvalue weighted by Gasteiger charge is 2.16. The van der Waals surface area contributed by atoms with Crippen molar-refractivity contribution >= 4 is 27.4 Å². The van der Waals surface area contributed by atoms with E-state index in [2.05, 4.69) is 4.72 Å². The number of carboxylic acid groups (broad SMARTS) is 1. The van der Waals surface area contributed by atoms with Crippen LogP contribution in [0, 0.1) is 6.92 Å². The minimum absolute atomic E-state index is 0.293. The van der Waals surface area contributed by atoms with Gasteiger partial charge in [-0.1, -0.05) is 6.07 Å². The number of aliphatic carboxylic acids is 1. The lowest BCUT2D eigenvalue weighted by atomic mass is 10.2. The van der Waals surface area contributed by atoms with Crippen LogP contribution in [0.3, 0.4) is 0 Å². The molecule has 0 saturated carbocycles. The fourth-order valence-corrected chi connectivity index (χ4v) is 2.07. The van der Waals surface area contributed by atoms with Gasteiger partial charge in [0.05, 0.1) is 5.69 Å². The Morgan fingerprint density at radius 2 is 2.12 bits per heavy atom. The van der Waals surface area contributed by atoms with Crippen LogP contribution >= 0.6 is 0 Å². The summed E-state index contributed by atoms with van der Waals surface area (Å²) in [5.41, 5.74) is 6.86. The summed E-state index contributed by atoms with van der Waals surface area (Å²) in [4.78, 5) is 10.3. The number of hydrogen-bond donors (Lipinski definition) is 3. The molecule has 7 heteroatoms. The Bertz CT molecular complexity index is 510. The largest absolute Gasteiger partial charge is 0.480 e. The SMILES string of the molecule is Cc1ccc(N)cc1NS(=O)(=O)CC(=O)O. The number of nitrogen functional groups attached to an aromatic ring is 1. The summed E-state index contributed by atoms with van der Waals surface area (Å²) in [6.07, 6.45) is 0. The molecule has 16 heavy (non-hydrogen) atoms. The molecule has 1 aromatic rings. The zero-order chi connectivity index (χ0) is 12.3. The number of nitrogens with two attached hydrogens (primary N) is 1. The van der Waals surface area contributed by atoms with E-state index in [0.29, 0.717) is 16.9 Å². The molecule has 4 N–H and O–H groups in total. The number of aryl methyl sites for hydroxylation is 1. The molecule has 6 nitrogen and oxygen atoms in total. The molecule has 0 saturated heterocycles. The normalized spacial score (nSPS) is 11.1. The van der Waals surface area contributed by atoms with Gasteiger partial charge in [0.15, 0.2) is 5.75 Å². The second-order valence-corrected chi connectivity index (χ2v) is 5.05. The summed E-state index contributed by atoms with van der Waals surface area (Å²) in [6.45, 7) is 1.69. The smallest absolute Gasteiger partial charge is 0.320 e. The van der Waals surface area contributed by atoms with Crippen molar-refractivity contribution in [1.82, 2.24) is 0 Å². The number of carboxylic acids is 1. The second-order valence-electron chi connectivity index (χ2n) is 3.33. The minimum atomic E-state index is -3.88. The van der Waals surface area contributed by atoms with Gasteiger partial charge in [0, 0.05) is 5.69 Å². The standard InChI is InChI=1S/C9H12N2O4S/c1-6-2-3-7(10)4-8(6)11-16(14,15)5-9(12)13/h2-4,11H,5,10H2,1H3,(H,12,13). The van der Waals surface area contributed by atoms with Crippen LogP contribution in [0.2, 0.25) is 0 Å². The fraction of sp³-hybridized carbons (Fsp3) is 0.222. The van der Waals surface area contributed by atoms with Crippen molar-refractivity contribution < 1.29 is 18.3 Å². The van der Waals surface area contributed by atoms with Crippen LogP contribution in [0.5, 0.6) is 0 Å². The molecule has 1 aromatic carbocycles. The van der Waals surface area contributed by atoms with Gasteiger partial charge in [-0.2, -0.15) is 0 Å². The number of hydrogen-bond acceptors (Lipinski definition) is 4. The Kier molecular flexibility index (Phi) is 3.38. The maximum absolute atomic E-state index is 11.3. The van der Waals surface area contributed by atoms with E-state index in [1.165, 1.54) is 6.07 Å². The van der Waals surface area contributed by atoms with Gasteiger partial charge in [-0.3, -0.25) is 9.52 Å². The van der Waals surface area contributed by atoms with Crippen LogP contribution < -0.4 is 10.5 Å². The van der Waals surface area contributed by atoms with Crippen molar-refractivity contribution in [3.05, 3.63) is 23.8 Å². The van der Waals surface area contributed by atoms with Crippen LogP contribution in [0.15, 0.2) is 18.2 Å². The first-order valence-electron chi connectivity index (χ1n) is 4.38. The van der Waals surface area contributed by atoms with Gasteiger partial charge in [-0.25, -0.2) is 8.42 Å². The fourth-order valence-electron chi connectivity index (χ4n) is 1.12. The summed E-state index contributed by atoms with van der Waals surface area (Å²) in [5, 5.41) is 8.41. The molecule has 0 unspecified atom stereocenters. The first-order chi connectivity index (χ1) is 7.30.